The fraction of sp³-hybridized carbons (Fsp3) is 0.382. The highest BCUT2D eigenvalue weighted by Crippen LogP contribution is 2.31. The van der Waals surface area contributed by atoms with Gasteiger partial charge in [-0.1, -0.05) is 85.3 Å². The highest BCUT2D eigenvalue weighted by molar-refractivity contribution is 5.88. The van der Waals surface area contributed by atoms with Crippen LogP contribution in [0.5, 0.6) is 0 Å². The first-order valence-corrected chi connectivity index (χ1v) is 15.2. The molecule has 10 nitrogen and oxygen atoms in total. The van der Waals surface area contributed by atoms with Crippen LogP contribution in [0.2, 0.25) is 0 Å². The molecule has 230 valence electrons. The fourth-order valence-electron chi connectivity index (χ4n) is 5.87. The van der Waals surface area contributed by atoms with Gasteiger partial charge in [0.1, 0.15) is 6.04 Å². The van der Waals surface area contributed by atoms with Gasteiger partial charge in [-0.15, -0.1) is 10.2 Å². The van der Waals surface area contributed by atoms with Gasteiger partial charge >= 0.3 is 0 Å². The number of ether oxygens (including phenoxy) is 1. The van der Waals surface area contributed by atoms with Crippen molar-refractivity contribution in [1.82, 2.24) is 36.2 Å². The Balaban J connectivity index is 1.21. The minimum Gasteiger partial charge on any atom is -0.374 e. The Labute approximate surface area is 258 Å². The van der Waals surface area contributed by atoms with Gasteiger partial charge in [0.05, 0.1) is 13.2 Å². The van der Waals surface area contributed by atoms with Crippen LogP contribution in [-0.4, -0.2) is 70.6 Å². The zero-order valence-electron chi connectivity index (χ0n) is 25.4. The molecule has 1 aliphatic rings. The number of amides is 2. The molecule has 3 unspecified atom stereocenters. The van der Waals surface area contributed by atoms with Crippen molar-refractivity contribution in [2.45, 2.75) is 44.9 Å². The van der Waals surface area contributed by atoms with E-state index in [-0.39, 0.29) is 24.3 Å². The van der Waals surface area contributed by atoms with Gasteiger partial charge in [0.15, 0.2) is 0 Å². The summed E-state index contributed by atoms with van der Waals surface area (Å²) in [4.78, 5) is 29.0. The molecule has 5 rings (SSSR count). The van der Waals surface area contributed by atoms with Crippen LogP contribution in [-0.2, 0) is 27.5 Å². The first kappa shape index (κ1) is 31.0. The van der Waals surface area contributed by atoms with Crippen LogP contribution in [0.15, 0.2) is 78.9 Å². The minimum atomic E-state index is -0.790. The predicted molar refractivity (Wildman–Crippen MR) is 169 cm³/mol. The first-order chi connectivity index (χ1) is 21.5. The summed E-state index contributed by atoms with van der Waals surface area (Å²) in [7, 11) is 4.13. The van der Waals surface area contributed by atoms with Crippen molar-refractivity contribution in [2.24, 2.45) is 11.8 Å². The Morgan fingerprint density at radius 1 is 0.955 bits per heavy atom. The maximum absolute atomic E-state index is 13.4. The maximum atomic E-state index is 13.4. The summed E-state index contributed by atoms with van der Waals surface area (Å²) in [6, 6.07) is 24.9. The molecule has 0 saturated heterocycles. The van der Waals surface area contributed by atoms with E-state index in [2.05, 4.69) is 50.3 Å². The van der Waals surface area contributed by atoms with Crippen LogP contribution >= 0.6 is 0 Å². The number of H-pyrrole nitrogens is 1. The van der Waals surface area contributed by atoms with Crippen LogP contribution < -0.4 is 10.6 Å². The van der Waals surface area contributed by atoms with Gasteiger partial charge < -0.3 is 20.3 Å². The molecule has 3 N–H and O–H groups in total. The second-order valence-corrected chi connectivity index (χ2v) is 11.7. The average molecular weight is 596 g/mol. The molecular weight excluding hydrogens is 554 g/mol. The Kier molecular flexibility index (Phi) is 10.8. The Hall–Kier alpha value is -4.41. The monoisotopic (exact) mass is 595 g/mol. The zero-order chi connectivity index (χ0) is 30.7. The molecular formula is C34H41N7O3. The molecule has 1 aromatic heterocycles. The molecule has 1 fully saturated rings. The van der Waals surface area contributed by atoms with Crippen molar-refractivity contribution in [3.05, 3.63) is 90.0 Å². The average Bonchev–Trinajstić information content (AvgIpc) is 3.59. The highest BCUT2D eigenvalue weighted by atomic mass is 16.5. The van der Waals surface area contributed by atoms with Crippen LogP contribution in [0.3, 0.4) is 0 Å². The van der Waals surface area contributed by atoms with E-state index in [1.54, 1.807) is 0 Å². The predicted octanol–water partition coefficient (Wildman–Crippen LogP) is 4.22. The van der Waals surface area contributed by atoms with Crippen LogP contribution in [0, 0.1) is 11.8 Å². The number of benzene rings is 3. The molecule has 1 saturated carbocycles. The molecule has 3 aromatic carbocycles. The van der Waals surface area contributed by atoms with Gasteiger partial charge in [-0.2, -0.15) is 5.21 Å². The summed E-state index contributed by atoms with van der Waals surface area (Å²) < 4.78 is 5.92. The number of hydrogen-bond acceptors (Lipinski definition) is 7. The topological polar surface area (TPSA) is 125 Å². The van der Waals surface area contributed by atoms with Crippen molar-refractivity contribution >= 4 is 11.8 Å². The summed E-state index contributed by atoms with van der Waals surface area (Å²) >= 11 is 0. The van der Waals surface area contributed by atoms with Crippen LogP contribution in [0.25, 0.3) is 22.5 Å². The van der Waals surface area contributed by atoms with E-state index in [9.17, 15) is 9.59 Å². The van der Waals surface area contributed by atoms with Crippen LogP contribution in [0.1, 0.15) is 36.8 Å². The van der Waals surface area contributed by atoms with Gasteiger partial charge in [-0.05, 0) is 66.7 Å². The molecule has 44 heavy (non-hydrogen) atoms. The SMILES string of the molecule is CN(C)CC1CCCC(C(=O)NC(COCc2ccccc2)C(=O)NCc2ccc(-c3ccccc3-c3nn[nH]n3)cc2)C1. The number of hydrogen-bond donors (Lipinski definition) is 3. The number of carbonyl (C=O) groups is 2. The Bertz CT molecular complexity index is 1480. The molecule has 4 aromatic rings. The quantitative estimate of drug-likeness (QED) is 0.211. The zero-order valence-corrected chi connectivity index (χ0v) is 25.4. The lowest BCUT2D eigenvalue weighted by atomic mass is 9.80. The molecule has 1 heterocycles. The minimum absolute atomic E-state index is 0.0680. The standard InChI is InChI=1S/C34H41N7O3/c1-41(2)21-26-11-8-12-28(19-26)33(42)36-31(23-44-22-25-9-4-3-5-10-25)34(43)35-20-24-15-17-27(18-16-24)29-13-6-7-14-30(29)32-37-39-40-38-32/h3-7,9-10,13-18,26,28,31H,8,11-12,19-23H2,1-2H3,(H,35,43)(H,36,42)(H,37,38,39,40). The first-order valence-electron chi connectivity index (χ1n) is 15.2. The molecule has 0 spiro atoms. The summed E-state index contributed by atoms with van der Waals surface area (Å²) in [6.45, 7) is 1.74. The smallest absolute Gasteiger partial charge is 0.245 e. The Morgan fingerprint density at radius 3 is 2.43 bits per heavy atom. The van der Waals surface area contributed by atoms with E-state index in [0.717, 1.165) is 60.0 Å². The molecule has 0 bridgehead atoms. The van der Waals surface area contributed by atoms with Crippen LogP contribution in [0.4, 0.5) is 0 Å². The fourth-order valence-corrected chi connectivity index (χ4v) is 5.87. The second-order valence-electron chi connectivity index (χ2n) is 11.7. The summed E-state index contributed by atoms with van der Waals surface area (Å²) in [5, 5.41) is 20.5. The van der Waals surface area contributed by atoms with Gasteiger partial charge in [-0.25, -0.2) is 0 Å². The third-order valence-corrected chi connectivity index (χ3v) is 8.05. The molecule has 3 atom stereocenters. The second kappa shape index (κ2) is 15.4. The summed E-state index contributed by atoms with van der Waals surface area (Å²) in [6.07, 6.45) is 3.84. The van der Waals surface area contributed by atoms with Gasteiger partial charge in [0.25, 0.3) is 0 Å². The summed E-state index contributed by atoms with van der Waals surface area (Å²) in [5.41, 5.74) is 4.81. The number of aromatic nitrogens is 4. The van der Waals surface area contributed by atoms with E-state index >= 15 is 0 Å². The van der Waals surface area contributed by atoms with Crippen molar-refractivity contribution in [1.29, 1.82) is 0 Å². The normalized spacial score (nSPS) is 17.2. The van der Waals surface area contributed by atoms with E-state index < -0.39 is 6.04 Å². The molecule has 0 radical (unpaired) electrons. The van der Waals surface area contributed by atoms with E-state index in [1.165, 1.54) is 0 Å². The Morgan fingerprint density at radius 2 is 1.70 bits per heavy atom. The summed E-state index contributed by atoms with van der Waals surface area (Å²) in [5.74, 6) is 0.584. The van der Waals surface area contributed by atoms with Crippen molar-refractivity contribution in [2.75, 3.05) is 27.2 Å². The maximum Gasteiger partial charge on any atom is 0.245 e. The third kappa shape index (κ3) is 8.58. The largest absolute Gasteiger partial charge is 0.374 e. The van der Waals surface area contributed by atoms with Crippen molar-refractivity contribution in [3.8, 4) is 22.5 Å². The lowest BCUT2D eigenvalue weighted by Crippen LogP contribution is -2.51. The number of rotatable bonds is 13. The van der Waals surface area contributed by atoms with Crippen molar-refractivity contribution in [3.63, 3.8) is 0 Å². The third-order valence-electron chi connectivity index (χ3n) is 8.05. The van der Waals surface area contributed by atoms with E-state index in [1.807, 2.05) is 78.9 Å². The molecule has 2 amide bonds. The molecule has 0 aliphatic heterocycles. The number of carbonyl (C=O) groups excluding carboxylic acids is 2. The lowest BCUT2D eigenvalue weighted by molar-refractivity contribution is -0.133. The highest BCUT2D eigenvalue weighted by Gasteiger charge is 2.30. The van der Waals surface area contributed by atoms with E-state index in [4.69, 9.17) is 4.74 Å². The van der Waals surface area contributed by atoms with Gasteiger partial charge in [0, 0.05) is 24.6 Å². The number of nitrogens with zero attached hydrogens (tertiary/aromatic N) is 4. The molecule has 10 heteroatoms. The number of nitrogens with one attached hydrogen (secondary N) is 3. The van der Waals surface area contributed by atoms with Gasteiger partial charge in [0.2, 0.25) is 17.6 Å². The lowest BCUT2D eigenvalue weighted by Gasteiger charge is -2.31. The number of tetrazole rings is 1. The van der Waals surface area contributed by atoms with Crippen molar-refractivity contribution < 1.29 is 14.3 Å². The molecule has 1 aliphatic carbocycles. The van der Waals surface area contributed by atoms with E-state index in [0.29, 0.717) is 24.9 Å². The number of aromatic amines is 1. The van der Waals surface area contributed by atoms with Gasteiger partial charge in [-0.3, -0.25) is 9.59 Å².